The number of likely N-dealkylation sites (tertiary alicyclic amines) is 1. The van der Waals surface area contributed by atoms with Crippen LogP contribution in [0.4, 0.5) is 0 Å². The van der Waals surface area contributed by atoms with E-state index in [4.69, 9.17) is 4.98 Å². The van der Waals surface area contributed by atoms with Crippen LogP contribution in [-0.4, -0.2) is 67.2 Å². The van der Waals surface area contributed by atoms with E-state index in [1.807, 2.05) is 33.9 Å². The summed E-state index contributed by atoms with van der Waals surface area (Å²) in [5.74, 6) is 1.62. The maximum atomic E-state index is 13.1. The van der Waals surface area contributed by atoms with Crippen LogP contribution in [0, 0.1) is 0 Å². The molecule has 9 heteroatoms. The van der Waals surface area contributed by atoms with Gasteiger partial charge in [0, 0.05) is 50.8 Å². The molecule has 0 aliphatic carbocycles. The van der Waals surface area contributed by atoms with Gasteiger partial charge in [-0.2, -0.15) is 0 Å². The zero-order chi connectivity index (χ0) is 24.5. The lowest BCUT2D eigenvalue weighted by Gasteiger charge is -2.41. The van der Waals surface area contributed by atoms with Crippen LogP contribution < -0.4 is 5.32 Å². The molecular weight excluding hydrogens is 432 g/mol. The highest BCUT2D eigenvalue weighted by molar-refractivity contribution is 5.93. The Bertz CT molecular complexity index is 1080. The Morgan fingerprint density at radius 2 is 1.94 bits per heavy atom. The minimum atomic E-state index is -0.902. The van der Waals surface area contributed by atoms with Crippen LogP contribution in [0.1, 0.15) is 76.9 Å². The summed E-state index contributed by atoms with van der Waals surface area (Å²) in [4.78, 5) is 50.9. The number of nitrogens with zero attached hydrogens (tertiary/aromatic N) is 5. The molecule has 0 spiro atoms. The quantitative estimate of drug-likeness (QED) is 0.705. The summed E-state index contributed by atoms with van der Waals surface area (Å²) >= 11 is 0. The molecule has 0 saturated carbocycles. The first kappa shape index (κ1) is 23.9. The Hall–Kier alpha value is -3.23. The van der Waals surface area contributed by atoms with Crippen molar-refractivity contribution in [2.24, 2.45) is 0 Å². The van der Waals surface area contributed by atoms with E-state index >= 15 is 0 Å². The molecule has 182 valence electrons. The third-order valence-corrected chi connectivity index (χ3v) is 6.81. The van der Waals surface area contributed by atoms with Crippen molar-refractivity contribution in [3.05, 3.63) is 42.1 Å². The van der Waals surface area contributed by atoms with Gasteiger partial charge in [-0.05, 0) is 38.8 Å². The first-order chi connectivity index (χ1) is 16.2. The highest BCUT2D eigenvalue weighted by Crippen LogP contribution is 2.32. The fourth-order valence-corrected chi connectivity index (χ4v) is 4.90. The van der Waals surface area contributed by atoms with E-state index in [2.05, 4.69) is 24.1 Å². The van der Waals surface area contributed by atoms with E-state index in [0.29, 0.717) is 19.6 Å². The molecule has 2 aromatic rings. The van der Waals surface area contributed by atoms with Gasteiger partial charge in [0.15, 0.2) is 0 Å². The Morgan fingerprint density at radius 3 is 2.71 bits per heavy atom. The molecule has 34 heavy (non-hydrogen) atoms. The summed E-state index contributed by atoms with van der Waals surface area (Å²) in [6, 6.07) is 5.78. The molecule has 2 aliphatic heterocycles. The first-order valence-electron chi connectivity index (χ1n) is 12.1. The van der Waals surface area contributed by atoms with E-state index < -0.39 is 5.54 Å². The second-order valence-corrected chi connectivity index (χ2v) is 9.84. The van der Waals surface area contributed by atoms with Crippen molar-refractivity contribution in [2.75, 3.05) is 19.6 Å². The Balaban J connectivity index is 1.44. The molecule has 4 heterocycles. The summed E-state index contributed by atoms with van der Waals surface area (Å²) in [6.07, 6.45) is 5.65. The van der Waals surface area contributed by atoms with Crippen molar-refractivity contribution < 1.29 is 14.4 Å². The van der Waals surface area contributed by atoms with E-state index in [1.165, 1.54) is 0 Å². The monoisotopic (exact) mass is 466 g/mol. The van der Waals surface area contributed by atoms with Gasteiger partial charge in [0.25, 0.3) is 0 Å². The van der Waals surface area contributed by atoms with Crippen LogP contribution >= 0.6 is 0 Å². The lowest BCUT2D eigenvalue weighted by atomic mass is 9.98. The highest BCUT2D eigenvalue weighted by atomic mass is 16.2. The lowest BCUT2D eigenvalue weighted by molar-refractivity contribution is -0.150. The van der Waals surface area contributed by atoms with Gasteiger partial charge in [-0.1, -0.05) is 19.9 Å². The summed E-state index contributed by atoms with van der Waals surface area (Å²) in [7, 11) is 0. The molecule has 1 unspecified atom stereocenters. The average Bonchev–Trinajstić information content (AvgIpc) is 3.49. The third kappa shape index (κ3) is 4.56. The molecule has 2 aliphatic rings. The maximum absolute atomic E-state index is 13.1. The Kier molecular flexibility index (Phi) is 6.72. The molecule has 1 N–H and O–H groups in total. The topological polar surface area (TPSA) is 100 Å². The third-order valence-electron chi connectivity index (χ3n) is 6.81. The van der Waals surface area contributed by atoms with Gasteiger partial charge in [0.05, 0.1) is 11.7 Å². The molecule has 4 rings (SSSR count). The standard InChI is InChI=1S/C25H34N6O3/c1-17(2)23-26-12-15-30(23)20-9-5-7-18(28-20)19-8-6-14-29(19)21(32)10-11-22(33)31-16-13-27-24(34)25(31,3)4/h5,7,9,12,15,17,19H,6,8,10-11,13-14,16H2,1-4H3,(H,27,34). The zero-order valence-corrected chi connectivity index (χ0v) is 20.5. The van der Waals surface area contributed by atoms with Crippen LogP contribution in [0.2, 0.25) is 0 Å². The van der Waals surface area contributed by atoms with Crippen molar-refractivity contribution in [3.8, 4) is 5.82 Å². The van der Waals surface area contributed by atoms with Gasteiger partial charge >= 0.3 is 0 Å². The van der Waals surface area contributed by atoms with Crippen molar-refractivity contribution >= 4 is 17.7 Å². The highest BCUT2D eigenvalue weighted by Gasteiger charge is 2.40. The second-order valence-electron chi connectivity index (χ2n) is 9.84. The van der Waals surface area contributed by atoms with Crippen LogP contribution in [0.15, 0.2) is 30.6 Å². The van der Waals surface area contributed by atoms with Gasteiger partial charge < -0.3 is 15.1 Å². The first-order valence-corrected chi connectivity index (χ1v) is 12.1. The Morgan fingerprint density at radius 1 is 1.18 bits per heavy atom. The number of piperazine rings is 1. The normalized spacial score (nSPS) is 20.0. The number of aromatic nitrogens is 3. The fraction of sp³-hybridized carbons (Fsp3) is 0.560. The van der Waals surface area contributed by atoms with E-state index in [-0.39, 0.29) is 42.5 Å². The summed E-state index contributed by atoms with van der Waals surface area (Å²) in [5.41, 5.74) is -0.0481. The number of carbonyl (C=O) groups is 3. The number of amides is 3. The summed E-state index contributed by atoms with van der Waals surface area (Å²) < 4.78 is 1.99. The fourth-order valence-electron chi connectivity index (χ4n) is 4.90. The molecular formula is C25H34N6O3. The molecule has 2 saturated heterocycles. The van der Waals surface area contributed by atoms with Crippen LogP contribution in [0.3, 0.4) is 0 Å². The minimum Gasteiger partial charge on any atom is -0.352 e. The lowest BCUT2D eigenvalue weighted by Crippen LogP contribution is -2.63. The smallest absolute Gasteiger partial charge is 0.245 e. The van der Waals surface area contributed by atoms with Gasteiger partial charge in [-0.15, -0.1) is 0 Å². The van der Waals surface area contributed by atoms with E-state index in [9.17, 15) is 14.4 Å². The second kappa shape index (κ2) is 9.56. The predicted molar refractivity (Wildman–Crippen MR) is 127 cm³/mol. The molecule has 0 aromatic carbocycles. The van der Waals surface area contributed by atoms with E-state index in [1.54, 1.807) is 24.9 Å². The summed E-state index contributed by atoms with van der Waals surface area (Å²) in [5, 5.41) is 2.79. The SMILES string of the molecule is CC(C)c1nccn1-c1cccc(C2CCCN2C(=O)CCC(=O)N2CCNC(=O)C2(C)C)n1. The molecule has 1 atom stereocenters. The number of pyridine rings is 1. The minimum absolute atomic E-state index is 0.0483. The largest absolute Gasteiger partial charge is 0.352 e. The maximum Gasteiger partial charge on any atom is 0.245 e. The molecule has 2 aromatic heterocycles. The molecule has 2 fully saturated rings. The molecule has 3 amide bonds. The average molecular weight is 467 g/mol. The number of carbonyl (C=O) groups excluding carboxylic acids is 3. The van der Waals surface area contributed by atoms with Crippen molar-refractivity contribution in [3.63, 3.8) is 0 Å². The molecule has 0 bridgehead atoms. The summed E-state index contributed by atoms with van der Waals surface area (Å²) in [6.45, 7) is 9.22. The number of hydrogen-bond donors (Lipinski definition) is 1. The number of imidazole rings is 1. The van der Waals surface area contributed by atoms with Gasteiger partial charge in [0.2, 0.25) is 17.7 Å². The zero-order valence-electron chi connectivity index (χ0n) is 20.5. The van der Waals surface area contributed by atoms with Crippen LogP contribution in [0.5, 0.6) is 0 Å². The van der Waals surface area contributed by atoms with Crippen molar-refractivity contribution in [2.45, 2.75) is 70.9 Å². The number of nitrogens with one attached hydrogen (secondary N) is 1. The predicted octanol–water partition coefficient (Wildman–Crippen LogP) is 2.57. The van der Waals surface area contributed by atoms with Crippen LogP contribution in [-0.2, 0) is 14.4 Å². The van der Waals surface area contributed by atoms with E-state index in [0.717, 1.165) is 30.2 Å². The van der Waals surface area contributed by atoms with Crippen molar-refractivity contribution in [1.29, 1.82) is 0 Å². The molecule has 9 nitrogen and oxygen atoms in total. The number of rotatable bonds is 6. The van der Waals surface area contributed by atoms with Gasteiger partial charge in [-0.3, -0.25) is 19.0 Å². The van der Waals surface area contributed by atoms with Crippen LogP contribution in [0.25, 0.3) is 5.82 Å². The number of hydrogen-bond acceptors (Lipinski definition) is 5. The van der Waals surface area contributed by atoms with Gasteiger partial charge in [0.1, 0.15) is 17.2 Å². The Labute approximate surface area is 200 Å². The van der Waals surface area contributed by atoms with Gasteiger partial charge in [-0.25, -0.2) is 9.97 Å². The van der Waals surface area contributed by atoms with Crippen molar-refractivity contribution in [1.82, 2.24) is 29.7 Å². The molecule has 0 radical (unpaired) electrons.